The molecule has 0 aromatic rings. The monoisotopic (exact) mass is 286 g/mol. The minimum absolute atomic E-state index is 0.185. The highest BCUT2D eigenvalue weighted by Gasteiger charge is 2.36. The van der Waals surface area contributed by atoms with Crippen molar-refractivity contribution in [2.75, 3.05) is 20.1 Å². The van der Waals surface area contributed by atoms with Gasteiger partial charge in [-0.15, -0.1) is 0 Å². The normalized spacial score (nSPS) is 15.1. The van der Waals surface area contributed by atoms with Gasteiger partial charge >= 0.3 is 5.97 Å². The highest BCUT2D eigenvalue weighted by molar-refractivity contribution is 5.78. The maximum absolute atomic E-state index is 11.6. The third-order valence-electron chi connectivity index (χ3n) is 3.81. The van der Waals surface area contributed by atoms with Crippen molar-refractivity contribution in [2.45, 2.75) is 71.9 Å². The van der Waals surface area contributed by atoms with E-state index in [2.05, 4.69) is 31.1 Å². The molecule has 0 rings (SSSR count). The number of nitrogens with zero attached hydrogens (tertiary/aromatic N) is 1. The summed E-state index contributed by atoms with van der Waals surface area (Å²) in [5.41, 5.74) is -0.771. The van der Waals surface area contributed by atoms with Crippen LogP contribution in [0.4, 0.5) is 0 Å². The predicted molar refractivity (Wildman–Crippen MR) is 85.1 cm³/mol. The Kier molecular flexibility index (Phi) is 9.06. The number of aliphatic carboxylic acids is 1. The van der Waals surface area contributed by atoms with Gasteiger partial charge in [0.1, 0.15) is 5.54 Å². The minimum Gasteiger partial charge on any atom is -0.480 e. The summed E-state index contributed by atoms with van der Waals surface area (Å²) in [6.07, 6.45) is 3.41. The summed E-state index contributed by atoms with van der Waals surface area (Å²) in [5.74, 6) is -0.00709. The molecule has 1 atom stereocenters. The Morgan fingerprint density at radius 1 is 1.25 bits per heavy atom. The summed E-state index contributed by atoms with van der Waals surface area (Å²) >= 11 is 0. The van der Waals surface area contributed by atoms with Crippen molar-refractivity contribution in [1.82, 2.24) is 10.2 Å². The van der Waals surface area contributed by atoms with E-state index in [1.807, 2.05) is 20.8 Å². The number of carboxylic acid groups (broad SMARTS) is 1. The van der Waals surface area contributed by atoms with Crippen LogP contribution in [0.3, 0.4) is 0 Å². The molecular formula is C16H34N2O2. The molecule has 0 saturated carbocycles. The summed E-state index contributed by atoms with van der Waals surface area (Å²) in [7, 11) is 2.12. The van der Waals surface area contributed by atoms with Gasteiger partial charge in [-0.2, -0.15) is 0 Å². The number of hydrogen-bond acceptors (Lipinski definition) is 3. The highest BCUT2D eigenvalue weighted by atomic mass is 16.4. The van der Waals surface area contributed by atoms with Gasteiger partial charge in [-0.25, -0.2) is 0 Å². The van der Waals surface area contributed by atoms with Gasteiger partial charge in [0, 0.05) is 6.04 Å². The molecule has 4 nitrogen and oxygen atoms in total. The molecule has 0 aromatic heterocycles. The molecule has 2 N–H and O–H groups in total. The lowest BCUT2D eigenvalue weighted by Crippen LogP contribution is -2.54. The fourth-order valence-corrected chi connectivity index (χ4v) is 2.46. The van der Waals surface area contributed by atoms with E-state index in [-0.39, 0.29) is 6.04 Å². The van der Waals surface area contributed by atoms with Crippen LogP contribution in [0, 0.1) is 5.92 Å². The van der Waals surface area contributed by atoms with E-state index < -0.39 is 11.5 Å². The van der Waals surface area contributed by atoms with Crippen LogP contribution >= 0.6 is 0 Å². The first-order valence-corrected chi connectivity index (χ1v) is 7.93. The number of hydrogen-bond donors (Lipinski definition) is 2. The van der Waals surface area contributed by atoms with Gasteiger partial charge in [-0.3, -0.25) is 10.1 Å². The summed E-state index contributed by atoms with van der Waals surface area (Å²) in [4.78, 5) is 13.9. The Hall–Kier alpha value is -0.610. The van der Waals surface area contributed by atoms with Gasteiger partial charge in [-0.05, 0) is 65.6 Å². The van der Waals surface area contributed by atoms with Gasteiger partial charge in [0.15, 0.2) is 0 Å². The van der Waals surface area contributed by atoms with Crippen LogP contribution < -0.4 is 5.32 Å². The van der Waals surface area contributed by atoms with Crippen LogP contribution in [0.15, 0.2) is 0 Å². The molecule has 0 aliphatic heterocycles. The lowest BCUT2D eigenvalue weighted by molar-refractivity contribution is -0.145. The van der Waals surface area contributed by atoms with Crippen LogP contribution in [0.2, 0.25) is 0 Å². The summed E-state index contributed by atoms with van der Waals surface area (Å²) in [6, 6.07) is 0.185. The standard InChI is InChI=1S/C16H34N2O2/c1-7-16(15(19)20,17-14(4)5)10-8-11-18(6)12-9-13(2)3/h13-14,17H,7-12H2,1-6H3,(H,19,20). The number of rotatable bonds is 11. The van der Waals surface area contributed by atoms with E-state index in [0.29, 0.717) is 18.8 Å². The molecule has 0 amide bonds. The van der Waals surface area contributed by atoms with E-state index in [0.717, 1.165) is 19.5 Å². The van der Waals surface area contributed by atoms with E-state index in [9.17, 15) is 9.90 Å². The molecule has 120 valence electrons. The summed E-state index contributed by atoms with van der Waals surface area (Å²) in [5, 5.41) is 12.8. The van der Waals surface area contributed by atoms with Crippen LogP contribution in [-0.4, -0.2) is 47.7 Å². The van der Waals surface area contributed by atoms with Crippen molar-refractivity contribution in [3.05, 3.63) is 0 Å². The predicted octanol–water partition coefficient (Wildman–Crippen LogP) is 2.98. The van der Waals surface area contributed by atoms with E-state index in [1.165, 1.54) is 6.42 Å². The fourth-order valence-electron chi connectivity index (χ4n) is 2.46. The van der Waals surface area contributed by atoms with Crippen LogP contribution in [0.5, 0.6) is 0 Å². The average molecular weight is 286 g/mol. The first-order chi connectivity index (χ1) is 9.23. The van der Waals surface area contributed by atoms with Crippen LogP contribution in [0.25, 0.3) is 0 Å². The van der Waals surface area contributed by atoms with Crippen molar-refractivity contribution in [2.24, 2.45) is 5.92 Å². The molecule has 0 heterocycles. The molecule has 0 radical (unpaired) electrons. The van der Waals surface area contributed by atoms with Crippen molar-refractivity contribution < 1.29 is 9.90 Å². The largest absolute Gasteiger partial charge is 0.480 e. The minimum atomic E-state index is -0.771. The van der Waals surface area contributed by atoms with E-state index in [4.69, 9.17) is 0 Å². The maximum Gasteiger partial charge on any atom is 0.323 e. The molecule has 4 heteroatoms. The van der Waals surface area contributed by atoms with E-state index >= 15 is 0 Å². The molecule has 0 bridgehead atoms. The molecule has 20 heavy (non-hydrogen) atoms. The third-order valence-corrected chi connectivity index (χ3v) is 3.81. The van der Waals surface area contributed by atoms with Crippen molar-refractivity contribution in [1.29, 1.82) is 0 Å². The van der Waals surface area contributed by atoms with Crippen molar-refractivity contribution >= 4 is 5.97 Å². The first-order valence-electron chi connectivity index (χ1n) is 7.93. The van der Waals surface area contributed by atoms with Crippen LogP contribution in [0.1, 0.15) is 60.3 Å². The third kappa shape index (κ3) is 7.25. The quantitative estimate of drug-likeness (QED) is 0.613. The first kappa shape index (κ1) is 19.4. The molecule has 0 spiro atoms. The SMILES string of the molecule is CCC(CCCN(C)CCC(C)C)(NC(C)C)C(=O)O. The molecular weight excluding hydrogens is 252 g/mol. The van der Waals surface area contributed by atoms with Gasteiger partial charge in [0.05, 0.1) is 0 Å². The van der Waals surface area contributed by atoms with Crippen LogP contribution in [-0.2, 0) is 4.79 Å². The van der Waals surface area contributed by atoms with Crippen molar-refractivity contribution in [3.8, 4) is 0 Å². The van der Waals surface area contributed by atoms with Gasteiger partial charge < -0.3 is 10.0 Å². The van der Waals surface area contributed by atoms with Crippen molar-refractivity contribution in [3.63, 3.8) is 0 Å². The second-order valence-corrected chi connectivity index (χ2v) is 6.63. The Balaban J connectivity index is 4.30. The lowest BCUT2D eigenvalue weighted by atomic mass is 9.89. The molecule has 0 aliphatic rings. The molecule has 0 fully saturated rings. The van der Waals surface area contributed by atoms with Gasteiger partial charge in [0.25, 0.3) is 0 Å². The van der Waals surface area contributed by atoms with Gasteiger partial charge in [0.2, 0.25) is 0 Å². The summed E-state index contributed by atoms with van der Waals surface area (Å²) < 4.78 is 0. The fraction of sp³-hybridized carbons (Fsp3) is 0.938. The Morgan fingerprint density at radius 3 is 2.25 bits per heavy atom. The number of carboxylic acids is 1. The Bertz CT molecular complexity index is 280. The Labute approximate surface area is 124 Å². The molecule has 0 aromatic carbocycles. The lowest BCUT2D eigenvalue weighted by Gasteiger charge is -2.32. The maximum atomic E-state index is 11.6. The Morgan fingerprint density at radius 2 is 1.85 bits per heavy atom. The number of nitrogens with one attached hydrogen (secondary N) is 1. The second kappa shape index (κ2) is 9.35. The van der Waals surface area contributed by atoms with E-state index in [1.54, 1.807) is 0 Å². The summed E-state index contributed by atoms with van der Waals surface area (Å²) in [6.45, 7) is 12.5. The zero-order valence-electron chi connectivity index (χ0n) is 14.2. The highest BCUT2D eigenvalue weighted by Crippen LogP contribution is 2.19. The average Bonchev–Trinajstić information content (AvgIpc) is 2.34. The topological polar surface area (TPSA) is 52.6 Å². The zero-order chi connectivity index (χ0) is 15.8. The second-order valence-electron chi connectivity index (χ2n) is 6.63. The van der Waals surface area contributed by atoms with Gasteiger partial charge in [-0.1, -0.05) is 20.8 Å². The number of carbonyl (C=O) groups is 1. The molecule has 0 aliphatic carbocycles. The zero-order valence-corrected chi connectivity index (χ0v) is 14.2. The molecule has 0 saturated heterocycles. The molecule has 1 unspecified atom stereocenters. The smallest absolute Gasteiger partial charge is 0.323 e.